The minimum absolute atomic E-state index is 0.237. The summed E-state index contributed by atoms with van der Waals surface area (Å²) in [5.74, 6) is -1.81. The molecule has 72 valence electrons. The van der Waals surface area contributed by atoms with Crippen LogP contribution in [-0.4, -0.2) is 16.1 Å². The van der Waals surface area contributed by atoms with E-state index in [-0.39, 0.29) is 6.42 Å². The fraction of sp³-hybridized carbons (Fsp3) is 0.400. The van der Waals surface area contributed by atoms with Gasteiger partial charge in [0.2, 0.25) is 5.91 Å². The number of rotatable bonds is 3. The van der Waals surface area contributed by atoms with Crippen molar-refractivity contribution in [3.8, 4) is 0 Å². The SMILES string of the molecule is CCC(O)(O)Nc1ccc(C)cc1. The number of aryl methyl sites for hydroxylation is 1. The van der Waals surface area contributed by atoms with Crippen LogP contribution in [0.4, 0.5) is 5.69 Å². The number of anilines is 1. The van der Waals surface area contributed by atoms with Gasteiger partial charge in [-0.05, 0) is 19.1 Å². The molecule has 0 unspecified atom stereocenters. The summed E-state index contributed by atoms with van der Waals surface area (Å²) in [5, 5.41) is 21.2. The van der Waals surface area contributed by atoms with E-state index in [2.05, 4.69) is 5.32 Å². The number of hydrogen-bond acceptors (Lipinski definition) is 3. The van der Waals surface area contributed by atoms with Crippen LogP contribution < -0.4 is 5.32 Å². The minimum atomic E-state index is -1.81. The lowest BCUT2D eigenvalue weighted by molar-refractivity contribution is -0.137. The van der Waals surface area contributed by atoms with Crippen LogP contribution >= 0.6 is 0 Å². The second kappa shape index (κ2) is 3.77. The third-order valence-corrected chi connectivity index (χ3v) is 1.89. The minimum Gasteiger partial charge on any atom is -0.349 e. The molecule has 1 aromatic rings. The summed E-state index contributed by atoms with van der Waals surface area (Å²) in [6.07, 6.45) is 0.237. The predicted octanol–water partition coefficient (Wildman–Crippen LogP) is 1.46. The van der Waals surface area contributed by atoms with E-state index in [1.54, 1.807) is 6.92 Å². The molecular weight excluding hydrogens is 166 g/mol. The molecule has 0 aliphatic rings. The monoisotopic (exact) mass is 181 g/mol. The van der Waals surface area contributed by atoms with Gasteiger partial charge in [0.25, 0.3) is 0 Å². The second-order valence-corrected chi connectivity index (χ2v) is 3.16. The van der Waals surface area contributed by atoms with Gasteiger partial charge >= 0.3 is 0 Å². The zero-order chi connectivity index (χ0) is 9.90. The fourth-order valence-electron chi connectivity index (χ4n) is 0.956. The van der Waals surface area contributed by atoms with Crippen LogP contribution in [0, 0.1) is 6.92 Å². The van der Waals surface area contributed by atoms with Crippen LogP contribution in [0.25, 0.3) is 0 Å². The third kappa shape index (κ3) is 3.05. The van der Waals surface area contributed by atoms with Gasteiger partial charge in [-0.15, -0.1) is 0 Å². The van der Waals surface area contributed by atoms with Crippen molar-refractivity contribution in [2.45, 2.75) is 26.2 Å². The third-order valence-electron chi connectivity index (χ3n) is 1.89. The molecule has 1 rings (SSSR count). The summed E-state index contributed by atoms with van der Waals surface area (Å²) in [5.41, 5.74) is 1.85. The van der Waals surface area contributed by atoms with Crippen molar-refractivity contribution in [2.75, 3.05) is 5.32 Å². The summed E-state index contributed by atoms with van der Waals surface area (Å²) in [6, 6.07) is 7.44. The van der Waals surface area contributed by atoms with Gasteiger partial charge in [0, 0.05) is 12.1 Å². The molecule has 0 amide bonds. The zero-order valence-electron chi connectivity index (χ0n) is 7.91. The van der Waals surface area contributed by atoms with Crippen LogP contribution in [0.2, 0.25) is 0 Å². The Labute approximate surface area is 78.0 Å². The standard InChI is InChI=1S/C10H15NO2/c1-3-10(12,13)11-9-6-4-8(2)5-7-9/h4-7,11-13H,3H2,1-2H3. The van der Waals surface area contributed by atoms with Crippen molar-refractivity contribution in [3.05, 3.63) is 29.8 Å². The lowest BCUT2D eigenvalue weighted by Crippen LogP contribution is -2.36. The van der Waals surface area contributed by atoms with Crippen LogP contribution in [0.5, 0.6) is 0 Å². The first-order valence-electron chi connectivity index (χ1n) is 4.33. The molecule has 0 spiro atoms. The Morgan fingerprint density at radius 2 is 1.77 bits per heavy atom. The van der Waals surface area contributed by atoms with Crippen molar-refractivity contribution < 1.29 is 10.2 Å². The van der Waals surface area contributed by atoms with Gasteiger partial charge < -0.3 is 15.5 Å². The molecule has 0 radical (unpaired) electrons. The van der Waals surface area contributed by atoms with Crippen LogP contribution in [0.1, 0.15) is 18.9 Å². The van der Waals surface area contributed by atoms with Gasteiger partial charge in [-0.3, -0.25) is 0 Å². The molecule has 13 heavy (non-hydrogen) atoms. The maximum Gasteiger partial charge on any atom is 0.243 e. The Hall–Kier alpha value is -1.06. The highest BCUT2D eigenvalue weighted by atomic mass is 16.5. The Morgan fingerprint density at radius 3 is 2.23 bits per heavy atom. The van der Waals surface area contributed by atoms with E-state index >= 15 is 0 Å². The molecule has 3 heteroatoms. The number of hydrogen-bond donors (Lipinski definition) is 3. The maximum absolute atomic E-state index is 9.29. The summed E-state index contributed by atoms with van der Waals surface area (Å²) in [4.78, 5) is 0. The molecule has 0 aliphatic carbocycles. The summed E-state index contributed by atoms with van der Waals surface area (Å²) in [6.45, 7) is 3.68. The van der Waals surface area contributed by atoms with E-state index in [1.807, 2.05) is 31.2 Å². The Bertz CT molecular complexity index is 267. The largest absolute Gasteiger partial charge is 0.349 e. The van der Waals surface area contributed by atoms with Gasteiger partial charge in [-0.1, -0.05) is 24.6 Å². The van der Waals surface area contributed by atoms with Crippen LogP contribution in [0.15, 0.2) is 24.3 Å². The van der Waals surface area contributed by atoms with E-state index in [0.29, 0.717) is 5.69 Å². The fourth-order valence-corrected chi connectivity index (χ4v) is 0.956. The highest BCUT2D eigenvalue weighted by Gasteiger charge is 2.18. The molecule has 0 aromatic heterocycles. The van der Waals surface area contributed by atoms with E-state index in [1.165, 1.54) is 0 Å². The average molecular weight is 181 g/mol. The van der Waals surface area contributed by atoms with Crippen LogP contribution in [0.3, 0.4) is 0 Å². The summed E-state index contributed by atoms with van der Waals surface area (Å²) in [7, 11) is 0. The molecular formula is C10H15NO2. The molecule has 0 heterocycles. The van der Waals surface area contributed by atoms with Gasteiger partial charge in [-0.25, -0.2) is 0 Å². The highest BCUT2D eigenvalue weighted by molar-refractivity contribution is 5.45. The molecule has 1 aromatic carbocycles. The van der Waals surface area contributed by atoms with E-state index in [9.17, 15) is 10.2 Å². The molecule has 0 bridgehead atoms. The lowest BCUT2D eigenvalue weighted by atomic mass is 10.2. The Balaban J connectivity index is 2.69. The normalized spacial score (nSPS) is 11.4. The predicted molar refractivity (Wildman–Crippen MR) is 52.3 cm³/mol. The highest BCUT2D eigenvalue weighted by Crippen LogP contribution is 2.14. The summed E-state index contributed by atoms with van der Waals surface area (Å²) >= 11 is 0. The average Bonchev–Trinajstić information content (AvgIpc) is 2.09. The van der Waals surface area contributed by atoms with Gasteiger partial charge in [0.05, 0.1) is 0 Å². The van der Waals surface area contributed by atoms with Gasteiger partial charge in [-0.2, -0.15) is 0 Å². The Kier molecular flexibility index (Phi) is 2.90. The zero-order valence-corrected chi connectivity index (χ0v) is 7.91. The second-order valence-electron chi connectivity index (χ2n) is 3.16. The van der Waals surface area contributed by atoms with E-state index in [0.717, 1.165) is 5.56 Å². The molecule has 0 fully saturated rings. The van der Waals surface area contributed by atoms with Crippen LogP contribution in [-0.2, 0) is 0 Å². The smallest absolute Gasteiger partial charge is 0.243 e. The van der Waals surface area contributed by atoms with Crippen molar-refractivity contribution in [1.82, 2.24) is 0 Å². The summed E-state index contributed by atoms with van der Waals surface area (Å²) < 4.78 is 0. The maximum atomic E-state index is 9.29. The van der Waals surface area contributed by atoms with E-state index in [4.69, 9.17) is 0 Å². The number of nitrogens with one attached hydrogen (secondary N) is 1. The molecule has 0 saturated carbocycles. The van der Waals surface area contributed by atoms with Gasteiger partial charge in [0.15, 0.2) is 0 Å². The molecule has 3 N–H and O–H groups in total. The molecule has 0 saturated heterocycles. The topological polar surface area (TPSA) is 52.5 Å². The Morgan fingerprint density at radius 1 is 1.23 bits per heavy atom. The lowest BCUT2D eigenvalue weighted by Gasteiger charge is -2.22. The first kappa shape index (κ1) is 10.0. The first-order chi connectivity index (χ1) is 6.03. The number of benzene rings is 1. The van der Waals surface area contributed by atoms with Gasteiger partial charge in [0.1, 0.15) is 0 Å². The quantitative estimate of drug-likeness (QED) is 0.619. The van der Waals surface area contributed by atoms with E-state index < -0.39 is 5.91 Å². The molecule has 0 atom stereocenters. The van der Waals surface area contributed by atoms with Crippen molar-refractivity contribution in [2.24, 2.45) is 0 Å². The molecule has 3 nitrogen and oxygen atoms in total. The van der Waals surface area contributed by atoms with Crippen molar-refractivity contribution in [1.29, 1.82) is 0 Å². The first-order valence-corrected chi connectivity index (χ1v) is 4.33. The van der Waals surface area contributed by atoms with Crippen molar-refractivity contribution >= 4 is 5.69 Å². The number of aliphatic hydroxyl groups is 2. The molecule has 0 aliphatic heterocycles. The van der Waals surface area contributed by atoms with Crippen molar-refractivity contribution in [3.63, 3.8) is 0 Å².